The summed E-state index contributed by atoms with van der Waals surface area (Å²) >= 11 is 0. The Kier molecular flexibility index (Phi) is 7.45. The normalized spacial score (nSPS) is 18.8. The molecule has 2 unspecified atom stereocenters. The molecular weight excluding hydrogens is 274 g/mol. The summed E-state index contributed by atoms with van der Waals surface area (Å²) in [6.07, 6.45) is 0. The molecule has 122 valence electrons. The van der Waals surface area contributed by atoms with Crippen LogP contribution in [-0.4, -0.2) is 78.9 Å². The second-order valence-electron chi connectivity index (χ2n) is 5.54. The van der Waals surface area contributed by atoms with Gasteiger partial charge in [-0.05, 0) is 13.8 Å². The number of carbonyl (C=O) groups is 2. The summed E-state index contributed by atoms with van der Waals surface area (Å²) < 4.78 is 5.29. The molecule has 7 nitrogen and oxygen atoms in total. The molecule has 1 fully saturated rings. The number of hydrogen-bond donors (Lipinski definition) is 2. The van der Waals surface area contributed by atoms with E-state index >= 15 is 0 Å². The average molecular weight is 301 g/mol. The molecule has 0 aliphatic carbocycles. The fourth-order valence-electron chi connectivity index (χ4n) is 2.28. The summed E-state index contributed by atoms with van der Waals surface area (Å²) in [7, 11) is 0. The fourth-order valence-corrected chi connectivity index (χ4v) is 2.28. The second kappa shape index (κ2) is 8.84. The van der Waals surface area contributed by atoms with Crippen molar-refractivity contribution >= 4 is 12.0 Å². The lowest BCUT2D eigenvalue weighted by molar-refractivity contribution is -0.141. The van der Waals surface area contributed by atoms with E-state index in [4.69, 9.17) is 9.84 Å². The molecule has 0 aromatic rings. The smallest absolute Gasteiger partial charge is 0.317 e. The molecule has 2 amide bonds. The minimum Gasteiger partial charge on any atom is -0.481 e. The van der Waals surface area contributed by atoms with E-state index < -0.39 is 11.9 Å². The highest BCUT2D eigenvalue weighted by molar-refractivity contribution is 5.76. The van der Waals surface area contributed by atoms with E-state index in [0.717, 1.165) is 32.8 Å². The molecule has 0 bridgehead atoms. The molecule has 1 aliphatic rings. The number of ether oxygens (including phenoxy) is 1. The van der Waals surface area contributed by atoms with Crippen LogP contribution in [0.4, 0.5) is 4.79 Å². The summed E-state index contributed by atoms with van der Waals surface area (Å²) in [4.78, 5) is 26.8. The minimum absolute atomic E-state index is 0.0183. The summed E-state index contributed by atoms with van der Waals surface area (Å²) in [6.45, 7) is 10.1. The van der Waals surface area contributed by atoms with E-state index in [9.17, 15) is 9.59 Å². The van der Waals surface area contributed by atoms with Crippen LogP contribution in [0, 0.1) is 5.92 Å². The monoisotopic (exact) mass is 301 g/mol. The maximum Gasteiger partial charge on any atom is 0.317 e. The van der Waals surface area contributed by atoms with Gasteiger partial charge in [0.25, 0.3) is 0 Å². The molecule has 0 spiro atoms. The zero-order valence-electron chi connectivity index (χ0n) is 13.2. The Morgan fingerprint density at radius 1 is 1.33 bits per heavy atom. The first kappa shape index (κ1) is 17.7. The molecule has 2 atom stereocenters. The van der Waals surface area contributed by atoms with Gasteiger partial charge in [-0.1, -0.05) is 6.92 Å². The molecule has 0 radical (unpaired) electrons. The first-order valence-electron chi connectivity index (χ1n) is 7.52. The zero-order chi connectivity index (χ0) is 15.8. The van der Waals surface area contributed by atoms with E-state index in [2.05, 4.69) is 10.2 Å². The highest BCUT2D eigenvalue weighted by atomic mass is 16.5. The SMILES string of the molecule is CCN(CC(C)C(=O)O)C(=O)NC(C)CN1CCOCC1. The predicted molar refractivity (Wildman–Crippen MR) is 79.3 cm³/mol. The number of nitrogens with one attached hydrogen (secondary N) is 1. The van der Waals surface area contributed by atoms with Gasteiger partial charge in [-0.2, -0.15) is 0 Å². The highest BCUT2D eigenvalue weighted by Crippen LogP contribution is 2.03. The first-order valence-corrected chi connectivity index (χ1v) is 7.52. The molecule has 0 aromatic carbocycles. The third-order valence-corrected chi connectivity index (χ3v) is 3.59. The lowest BCUT2D eigenvalue weighted by atomic mass is 10.2. The molecule has 7 heteroatoms. The number of aliphatic carboxylic acids is 1. The van der Waals surface area contributed by atoms with E-state index in [0.29, 0.717) is 6.54 Å². The van der Waals surface area contributed by atoms with Crippen LogP contribution >= 0.6 is 0 Å². The van der Waals surface area contributed by atoms with Crippen LogP contribution < -0.4 is 5.32 Å². The number of rotatable bonds is 7. The molecule has 1 rings (SSSR count). The second-order valence-corrected chi connectivity index (χ2v) is 5.54. The molecule has 0 saturated carbocycles. The van der Waals surface area contributed by atoms with Crippen molar-refractivity contribution in [1.29, 1.82) is 0 Å². The zero-order valence-corrected chi connectivity index (χ0v) is 13.2. The number of morpholine rings is 1. The fraction of sp³-hybridized carbons (Fsp3) is 0.857. The van der Waals surface area contributed by atoms with Gasteiger partial charge in [0, 0.05) is 38.8 Å². The van der Waals surface area contributed by atoms with Gasteiger partial charge in [0.1, 0.15) is 0 Å². The largest absolute Gasteiger partial charge is 0.481 e. The number of carbonyl (C=O) groups excluding carboxylic acids is 1. The van der Waals surface area contributed by atoms with Crippen LogP contribution in [0.15, 0.2) is 0 Å². The average Bonchev–Trinajstić information content (AvgIpc) is 2.44. The standard InChI is InChI=1S/C14H27N3O4/c1-4-17(9-11(2)13(18)19)14(20)15-12(3)10-16-5-7-21-8-6-16/h11-12H,4-10H2,1-3H3,(H,15,20)(H,18,19). The Morgan fingerprint density at radius 2 is 1.95 bits per heavy atom. The maximum atomic E-state index is 12.2. The molecular formula is C14H27N3O4. The molecule has 1 aliphatic heterocycles. The topological polar surface area (TPSA) is 82.1 Å². The third kappa shape index (κ3) is 6.31. The van der Waals surface area contributed by atoms with Gasteiger partial charge in [0.15, 0.2) is 0 Å². The van der Waals surface area contributed by atoms with Crippen molar-refractivity contribution in [2.45, 2.75) is 26.8 Å². The van der Waals surface area contributed by atoms with Crippen molar-refractivity contribution in [1.82, 2.24) is 15.1 Å². The van der Waals surface area contributed by atoms with Gasteiger partial charge in [-0.25, -0.2) is 4.79 Å². The number of nitrogens with zero attached hydrogens (tertiary/aromatic N) is 2. The third-order valence-electron chi connectivity index (χ3n) is 3.59. The van der Waals surface area contributed by atoms with Gasteiger partial charge in [0.05, 0.1) is 19.1 Å². The van der Waals surface area contributed by atoms with Gasteiger partial charge in [-0.3, -0.25) is 9.69 Å². The summed E-state index contributed by atoms with van der Waals surface area (Å²) in [6, 6.07) is -0.184. The molecule has 0 aromatic heterocycles. The summed E-state index contributed by atoms with van der Waals surface area (Å²) in [5.74, 6) is -1.45. The summed E-state index contributed by atoms with van der Waals surface area (Å²) in [5.41, 5.74) is 0. The Balaban J connectivity index is 2.39. The van der Waals surface area contributed by atoms with Crippen molar-refractivity contribution in [3.8, 4) is 0 Å². The van der Waals surface area contributed by atoms with Crippen molar-refractivity contribution < 1.29 is 19.4 Å². The molecule has 1 saturated heterocycles. The first-order chi connectivity index (χ1) is 9.93. The lowest BCUT2D eigenvalue weighted by Gasteiger charge is -2.31. The maximum absolute atomic E-state index is 12.2. The summed E-state index contributed by atoms with van der Waals surface area (Å²) in [5, 5.41) is 11.9. The van der Waals surface area contributed by atoms with Gasteiger partial charge < -0.3 is 20.1 Å². The predicted octanol–water partition coefficient (Wildman–Crippen LogP) is 0.459. The van der Waals surface area contributed by atoms with Crippen molar-refractivity contribution in [3.63, 3.8) is 0 Å². The van der Waals surface area contributed by atoms with Gasteiger partial charge in [-0.15, -0.1) is 0 Å². The van der Waals surface area contributed by atoms with Crippen LogP contribution in [0.2, 0.25) is 0 Å². The van der Waals surface area contributed by atoms with Crippen LogP contribution in [0.3, 0.4) is 0 Å². The van der Waals surface area contributed by atoms with Crippen LogP contribution in [0.5, 0.6) is 0 Å². The van der Waals surface area contributed by atoms with Gasteiger partial charge >= 0.3 is 12.0 Å². The van der Waals surface area contributed by atoms with Crippen molar-refractivity contribution in [3.05, 3.63) is 0 Å². The number of urea groups is 1. The van der Waals surface area contributed by atoms with E-state index in [1.807, 2.05) is 13.8 Å². The van der Waals surface area contributed by atoms with E-state index in [-0.39, 0.29) is 18.6 Å². The van der Waals surface area contributed by atoms with E-state index in [1.165, 1.54) is 4.90 Å². The number of carboxylic acids is 1. The number of amides is 2. The van der Waals surface area contributed by atoms with Gasteiger partial charge in [0.2, 0.25) is 0 Å². The van der Waals surface area contributed by atoms with E-state index in [1.54, 1.807) is 6.92 Å². The Hall–Kier alpha value is -1.34. The Bertz CT molecular complexity index is 345. The lowest BCUT2D eigenvalue weighted by Crippen LogP contribution is -2.50. The van der Waals surface area contributed by atoms with Crippen LogP contribution in [0.1, 0.15) is 20.8 Å². The Morgan fingerprint density at radius 3 is 2.48 bits per heavy atom. The Labute approximate surface area is 126 Å². The van der Waals surface area contributed by atoms with Crippen LogP contribution in [0.25, 0.3) is 0 Å². The molecule has 21 heavy (non-hydrogen) atoms. The number of hydrogen-bond acceptors (Lipinski definition) is 4. The highest BCUT2D eigenvalue weighted by Gasteiger charge is 2.21. The van der Waals surface area contributed by atoms with Crippen molar-refractivity contribution in [2.24, 2.45) is 5.92 Å². The molecule has 1 heterocycles. The van der Waals surface area contributed by atoms with Crippen molar-refractivity contribution in [2.75, 3.05) is 45.9 Å². The number of carboxylic acid groups (broad SMARTS) is 1. The quantitative estimate of drug-likeness (QED) is 0.714. The van der Waals surface area contributed by atoms with Crippen LogP contribution in [-0.2, 0) is 9.53 Å². The minimum atomic E-state index is -0.886. The molecule has 2 N–H and O–H groups in total.